The van der Waals surface area contributed by atoms with Gasteiger partial charge in [-0.25, -0.2) is 4.79 Å². The average Bonchev–Trinajstić information content (AvgIpc) is 2.28. The van der Waals surface area contributed by atoms with Crippen LogP contribution in [0, 0.1) is 11.3 Å². The number of primary amides is 1. The van der Waals surface area contributed by atoms with Gasteiger partial charge in [0.25, 0.3) is 0 Å². The van der Waals surface area contributed by atoms with Gasteiger partial charge in [0.05, 0.1) is 11.6 Å². The lowest BCUT2D eigenvalue weighted by Gasteiger charge is -2.15. The zero-order valence-corrected chi connectivity index (χ0v) is 9.59. The molecule has 0 fully saturated rings. The normalized spacial score (nSPS) is 11.3. The lowest BCUT2D eigenvalue weighted by atomic mass is 10.0. The molecule has 1 aromatic carbocycles. The summed E-state index contributed by atoms with van der Waals surface area (Å²) in [4.78, 5) is 21.4. The quantitative estimate of drug-likeness (QED) is 0.706. The zero-order valence-electron chi connectivity index (χ0n) is 9.59. The van der Waals surface area contributed by atoms with E-state index in [9.17, 15) is 9.59 Å². The molecule has 0 saturated carbocycles. The van der Waals surface area contributed by atoms with E-state index in [0.717, 1.165) is 5.56 Å². The van der Waals surface area contributed by atoms with Crippen molar-refractivity contribution in [2.24, 2.45) is 5.73 Å². The number of carbonyl (C=O) groups excluding carboxylic acids is 1. The third kappa shape index (κ3) is 4.53. The number of carboxylic acid groups (broad SMARTS) is 1. The maximum Gasteiger partial charge on any atom is 0.404 e. The number of nitrogens with one attached hydrogen (secondary N) is 1. The van der Waals surface area contributed by atoms with Gasteiger partial charge in [-0.1, -0.05) is 12.1 Å². The summed E-state index contributed by atoms with van der Waals surface area (Å²) in [6.07, 6.45) is -0.914. The second kappa shape index (κ2) is 6.25. The van der Waals surface area contributed by atoms with Crippen LogP contribution in [0.3, 0.4) is 0 Å². The number of carbonyl (C=O) groups is 2. The van der Waals surface area contributed by atoms with Gasteiger partial charge in [0.1, 0.15) is 0 Å². The van der Waals surface area contributed by atoms with E-state index in [1.807, 2.05) is 6.07 Å². The molecule has 0 bridgehead atoms. The number of benzene rings is 1. The highest BCUT2D eigenvalue weighted by atomic mass is 16.4. The maximum absolute atomic E-state index is 10.8. The number of rotatable bonds is 5. The van der Waals surface area contributed by atoms with Gasteiger partial charge in [-0.05, 0) is 24.1 Å². The van der Waals surface area contributed by atoms with Crippen molar-refractivity contribution in [3.05, 3.63) is 35.4 Å². The third-order valence-electron chi connectivity index (χ3n) is 2.34. The topological polar surface area (TPSA) is 116 Å². The fraction of sp³-hybridized carbons (Fsp3) is 0.250. The Balaban J connectivity index is 2.72. The van der Waals surface area contributed by atoms with Gasteiger partial charge >= 0.3 is 6.09 Å². The highest BCUT2D eigenvalue weighted by Crippen LogP contribution is 2.08. The number of hydrogen-bond acceptors (Lipinski definition) is 3. The Bertz CT molecular complexity index is 460. The molecule has 1 rings (SSSR count). The van der Waals surface area contributed by atoms with Crippen molar-refractivity contribution in [2.45, 2.75) is 18.9 Å². The van der Waals surface area contributed by atoms with Gasteiger partial charge in [-0.3, -0.25) is 4.79 Å². The van der Waals surface area contributed by atoms with Crippen LogP contribution in [0.1, 0.15) is 17.5 Å². The summed E-state index contributed by atoms with van der Waals surface area (Å²) in [6.45, 7) is 0. The molecule has 0 aliphatic rings. The lowest BCUT2D eigenvalue weighted by molar-refractivity contribution is -0.118. The van der Waals surface area contributed by atoms with Crippen LogP contribution in [0.5, 0.6) is 0 Å². The van der Waals surface area contributed by atoms with Gasteiger partial charge in [0, 0.05) is 12.5 Å². The van der Waals surface area contributed by atoms with Crippen molar-refractivity contribution in [3.8, 4) is 6.07 Å². The van der Waals surface area contributed by atoms with Crippen molar-refractivity contribution in [3.63, 3.8) is 0 Å². The average molecular weight is 247 g/mol. The predicted octanol–water partition coefficient (Wildman–Crippen LogP) is 0.612. The van der Waals surface area contributed by atoms with E-state index in [4.69, 9.17) is 16.1 Å². The van der Waals surface area contributed by atoms with Gasteiger partial charge < -0.3 is 16.2 Å². The first-order valence-electron chi connectivity index (χ1n) is 5.28. The second-order valence-corrected chi connectivity index (χ2v) is 3.83. The molecule has 0 aliphatic carbocycles. The minimum Gasteiger partial charge on any atom is -0.465 e. The molecule has 1 aromatic rings. The van der Waals surface area contributed by atoms with Crippen molar-refractivity contribution in [1.29, 1.82) is 5.26 Å². The molecule has 0 unspecified atom stereocenters. The molecule has 0 aromatic heterocycles. The summed E-state index contributed by atoms with van der Waals surface area (Å²) in [5, 5.41) is 19.5. The first-order valence-corrected chi connectivity index (χ1v) is 5.28. The number of nitrogens with two attached hydrogens (primary N) is 1. The van der Waals surface area contributed by atoms with Crippen molar-refractivity contribution in [1.82, 2.24) is 5.32 Å². The molecule has 2 amide bonds. The van der Waals surface area contributed by atoms with E-state index in [1.54, 1.807) is 24.3 Å². The monoisotopic (exact) mass is 247 g/mol. The van der Waals surface area contributed by atoms with Gasteiger partial charge in [-0.2, -0.15) is 5.26 Å². The van der Waals surface area contributed by atoms with Crippen LogP contribution in [0.15, 0.2) is 24.3 Å². The Kier molecular flexibility index (Phi) is 4.69. The Hall–Kier alpha value is -2.55. The summed E-state index contributed by atoms with van der Waals surface area (Å²) < 4.78 is 0. The van der Waals surface area contributed by atoms with Crippen molar-refractivity contribution >= 4 is 12.0 Å². The smallest absolute Gasteiger partial charge is 0.404 e. The third-order valence-corrected chi connectivity index (χ3v) is 2.34. The van der Waals surface area contributed by atoms with E-state index >= 15 is 0 Å². The van der Waals surface area contributed by atoms with Crippen LogP contribution < -0.4 is 11.1 Å². The molecule has 6 heteroatoms. The maximum atomic E-state index is 10.8. The first kappa shape index (κ1) is 13.5. The zero-order chi connectivity index (χ0) is 13.5. The molecule has 6 nitrogen and oxygen atoms in total. The molecule has 0 spiro atoms. The van der Waals surface area contributed by atoms with E-state index in [-0.39, 0.29) is 6.42 Å². The number of hydrogen-bond donors (Lipinski definition) is 3. The minimum absolute atomic E-state index is 0.0632. The van der Waals surface area contributed by atoms with Gasteiger partial charge in [0.2, 0.25) is 5.91 Å². The molecular formula is C12H13N3O3. The molecule has 94 valence electrons. The van der Waals surface area contributed by atoms with E-state index in [0.29, 0.717) is 12.0 Å². The Morgan fingerprint density at radius 1 is 1.39 bits per heavy atom. The lowest BCUT2D eigenvalue weighted by Crippen LogP contribution is -2.38. The molecule has 0 saturated heterocycles. The van der Waals surface area contributed by atoms with Crippen LogP contribution in [0.4, 0.5) is 4.79 Å². The summed E-state index contributed by atoms with van der Waals surface area (Å²) in [6, 6.07) is 8.14. The fourth-order valence-electron chi connectivity index (χ4n) is 1.59. The molecule has 1 atom stereocenters. The van der Waals surface area contributed by atoms with Crippen LogP contribution in [-0.2, 0) is 11.2 Å². The van der Waals surface area contributed by atoms with Gasteiger partial charge in [-0.15, -0.1) is 0 Å². The summed E-state index contributed by atoms with van der Waals surface area (Å²) >= 11 is 0. The fourth-order valence-corrected chi connectivity index (χ4v) is 1.59. The van der Waals surface area contributed by atoms with Gasteiger partial charge in [0.15, 0.2) is 0 Å². The van der Waals surface area contributed by atoms with Crippen molar-refractivity contribution in [2.75, 3.05) is 0 Å². The summed E-state index contributed by atoms with van der Waals surface area (Å²) in [7, 11) is 0. The highest BCUT2D eigenvalue weighted by molar-refractivity contribution is 5.75. The summed E-state index contributed by atoms with van der Waals surface area (Å²) in [5.74, 6) is -0.567. The molecular weight excluding hydrogens is 234 g/mol. The SMILES string of the molecule is N#Cc1ccc(C[C@H](CC(N)=O)NC(=O)O)cc1. The minimum atomic E-state index is -1.20. The Morgan fingerprint density at radius 3 is 2.44 bits per heavy atom. The molecule has 0 aliphatic heterocycles. The first-order chi connectivity index (χ1) is 8.51. The highest BCUT2D eigenvalue weighted by Gasteiger charge is 2.14. The predicted molar refractivity (Wildman–Crippen MR) is 63.6 cm³/mol. The van der Waals surface area contributed by atoms with Crippen LogP contribution in [0.2, 0.25) is 0 Å². The summed E-state index contributed by atoms with van der Waals surface area (Å²) in [5.41, 5.74) is 6.41. The second-order valence-electron chi connectivity index (χ2n) is 3.83. The van der Waals surface area contributed by atoms with E-state index < -0.39 is 18.0 Å². The Morgan fingerprint density at radius 2 is 2.00 bits per heavy atom. The van der Waals surface area contributed by atoms with E-state index in [2.05, 4.69) is 5.32 Å². The van der Waals surface area contributed by atoms with Crippen LogP contribution >= 0.6 is 0 Å². The number of amides is 2. The number of nitriles is 1. The van der Waals surface area contributed by atoms with Crippen LogP contribution in [-0.4, -0.2) is 23.1 Å². The molecule has 0 radical (unpaired) electrons. The standard InChI is InChI=1S/C12H13N3O3/c13-7-9-3-1-8(2-4-9)5-10(6-11(14)16)15-12(17)18/h1-4,10,15H,5-6H2,(H2,14,16)(H,17,18)/t10-/m1/s1. The largest absolute Gasteiger partial charge is 0.465 e. The van der Waals surface area contributed by atoms with Crippen molar-refractivity contribution < 1.29 is 14.7 Å². The van der Waals surface area contributed by atoms with Crippen LogP contribution in [0.25, 0.3) is 0 Å². The van der Waals surface area contributed by atoms with E-state index in [1.165, 1.54) is 0 Å². The molecule has 18 heavy (non-hydrogen) atoms. The molecule has 0 heterocycles. The Labute approximate surface area is 104 Å². The number of nitrogens with zero attached hydrogens (tertiary/aromatic N) is 1. The molecule has 4 N–H and O–H groups in total.